The number of carbonyl (C=O) groups is 1. The molecule has 0 fully saturated rings. The quantitative estimate of drug-likeness (QED) is 0.916. The van der Waals surface area contributed by atoms with Gasteiger partial charge in [-0.1, -0.05) is 13.8 Å². The van der Waals surface area contributed by atoms with E-state index in [1.54, 1.807) is 11.3 Å². The number of amides is 1. The summed E-state index contributed by atoms with van der Waals surface area (Å²) < 4.78 is 5.50. The number of aromatic nitrogens is 1. The SMILES string of the molecule is Cc1ccc(C(C)NC(=O)Cc2csc(C(C)C)n2)o1. The van der Waals surface area contributed by atoms with Gasteiger partial charge in [0.25, 0.3) is 0 Å². The number of hydrogen-bond acceptors (Lipinski definition) is 4. The third-order valence-electron chi connectivity index (χ3n) is 2.97. The summed E-state index contributed by atoms with van der Waals surface area (Å²) in [5, 5.41) is 5.96. The molecule has 2 aromatic heterocycles. The minimum absolute atomic E-state index is 0.0350. The lowest BCUT2D eigenvalue weighted by atomic mass is 10.2. The van der Waals surface area contributed by atoms with Gasteiger partial charge in [-0.15, -0.1) is 11.3 Å². The summed E-state index contributed by atoms with van der Waals surface area (Å²) in [7, 11) is 0. The molecular weight excluding hydrogens is 272 g/mol. The minimum Gasteiger partial charge on any atom is -0.464 e. The Balaban J connectivity index is 1.91. The van der Waals surface area contributed by atoms with E-state index in [4.69, 9.17) is 4.42 Å². The van der Waals surface area contributed by atoms with Crippen LogP contribution in [0.25, 0.3) is 0 Å². The van der Waals surface area contributed by atoms with Crippen LogP contribution in [0, 0.1) is 6.92 Å². The Hall–Kier alpha value is -1.62. The van der Waals surface area contributed by atoms with E-state index in [2.05, 4.69) is 24.1 Å². The Morgan fingerprint density at radius 2 is 2.15 bits per heavy atom. The van der Waals surface area contributed by atoms with Gasteiger partial charge in [-0.05, 0) is 26.0 Å². The Morgan fingerprint density at radius 3 is 2.70 bits per heavy atom. The van der Waals surface area contributed by atoms with Crippen LogP contribution in [0.4, 0.5) is 0 Å². The second-order valence-electron chi connectivity index (χ2n) is 5.25. The molecule has 0 radical (unpaired) electrons. The molecule has 1 atom stereocenters. The number of thiazole rings is 1. The number of nitrogens with one attached hydrogen (secondary N) is 1. The van der Waals surface area contributed by atoms with Crippen molar-refractivity contribution in [1.29, 1.82) is 0 Å². The van der Waals surface area contributed by atoms with Crippen LogP contribution in [0.2, 0.25) is 0 Å². The van der Waals surface area contributed by atoms with E-state index in [9.17, 15) is 4.79 Å². The number of rotatable bonds is 5. The molecule has 2 aromatic rings. The van der Waals surface area contributed by atoms with Crippen molar-refractivity contribution in [3.8, 4) is 0 Å². The molecule has 0 saturated carbocycles. The van der Waals surface area contributed by atoms with Crippen molar-refractivity contribution in [2.24, 2.45) is 0 Å². The smallest absolute Gasteiger partial charge is 0.226 e. The molecule has 4 nitrogen and oxygen atoms in total. The first kappa shape index (κ1) is 14.8. The van der Waals surface area contributed by atoms with E-state index in [1.165, 1.54) is 0 Å². The normalized spacial score (nSPS) is 12.7. The summed E-state index contributed by atoms with van der Waals surface area (Å²) >= 11 is 1.61. The first-order valence-corrected chi connectivity index (χ1v) is 7.63. The molecule has 0 bridgehead atoms. The molecule has 0 saturated heterocycles. The third-order valence-corrected chi connectivity index (χ3v) is 4.16. The minimum atomic E-state index is -0.126. The molecule has 0 aromatic carbocycles. The summed E-state index contributed by atoms with van der Waals surface area (Å²) in [6.45, 7) is 8.01. The van der Waals surface area contributed by atoms with Crippen molar-refractivity contribution in [2.75, 3.05) is 0 Å². The average molecular weight is 292 g/mol. The van der Waals surface area contributed by atoms with Gasteiger partial charge < -0.3 is 9.73 Å². The van der Waals surface area contributed by atoms with Gasteiger partial charge in [0, 0.05) is 11.3 Å². The maximum absolute atomic E-state index is 12.0. The summed E-state index contributed by atoms with van der Waals surface area (Å²) in [5.41, 5.74) is 0.832. The van der Waals surface area contributed by atoms with E-state index in [1.807, 2.05) is 31.4 Å². The zero-order chi connectivity index (χ0) is 14.7. The molecule has 1 amide bonds. The van der Waals surface area contributed by atoms with Gasteiger partial charge in [0.05, 0.1) is 23.2 Å². The lowest BCUT2D eigenvalue weighted by molar-refractivity contribution is -0.121. The molecule has 0 aliphatic heterocycles. The van der Waals surface area contributed by atoms with Crippen LogP contribution in [0.5, 0.6) is 0 Å². The second kappa shape index (κ2) is 6.22. The number of aryl methyl sites for hydroxylation is 1. The zero-order valence-electron chi connectivity index (χ0n) is 12.3. The number of carbonyl (C=O) groups excluding carboxylic acids is 1. The van der Waals surface area contributed by atoms with Crippen molar-refractivity contribution < 1.29 is 9.21 Å². The first-order chi connectivity index (χ1) is 9.45. The monoisotopic (exact) mass is 292 g/mol. The average Bonchev–Trinajstić information content (AvgIpc) is 2.98. The van der Waals surface area contributed by atoms with Gasteiger partial charge in [-0.3, -0.25) is 4.79 Å². The number of hydrogen-bond donors (Lipinski definition) is 1. The zero-order valence-corrected chi connectivity index (χ0v) is 13.1. The van der Waals surface area contributed by atoms with Crippen molar-refractivity contribution in [3.63, 3.8) is 0 Å². The molecule has 20 heavy (non-hydrogen) atoms. The second-order valence-corrected chi connectivity index (χ2v) is 6.14. The first-order valence-electron chi connectivity index (χ1n) is 6.75. The fourth-order valence-corrected chi connectivity index (χ4v) is 2.72. The van der Waals surface area contributed by atoms with E-state index in [0.717, 1.165) is 22.2 Å². The largest absolute Gasteiger partial charge is 0.464 e. The van der Waals surface area contributed by atoms with Crippen molar-refractivity contribution in [2.45, 2.75) is 46.1 Å². The maximum atomic E-state index is 12.0. The van der Waals surface area contributed by atoms with Crippen LogP contribution >= 0.6 is 11.3 Å². The standard InChI is InChI=1S/C15H20N2O2S/c1-9(2)15-17-12(8-20-15)7-14(18)16-11(4)13-6-5-10(3)19-13/h5-6,8-9,11H,7H2,1-4H3,(H,16,18). The topological polar surface area (TPSA) is 55.1 Å². The molecule has 2 rings (SSSR count). The lowest BCUT2D eigenvalue weighted by Crippen LogP contribution is -2.28. The van der Waals surface area contributed by atoms with E-state index in [-0.39, 0.29) is 11.9 Å². The Kier molecular flexibility index (Phi) is 4.60. The summed E-state index contributed by atoms with van der Waals surface area (Å²) in [5.74, 6) is 1.99. The van der Waals surface area contributed by atoms with Crippen LogP contribution in [-0.4, -0.2) is 10.9 Å². The van der Waals surface area contributed by atoms with Gasteiger partial charge in [-0.25, -0.2) is 4.98 Å². The summed E-state index contributed by atoms with van der Waals surface area (Å²) in [6.07, 6.45) is 0.313. The van der Waals surface area contributed by atoms with Gasteiger partial charge in [0.15, 0.2) is 0 Å². The molecular formula is C15H20N2O2S. The van der Waals surface area contributed by atoms with Crippen LogP contribution in [0.15, 0.2) is 21.9 Å². The highest BCUT2D eigenvalue weighted by molar-refractivity contribution is 7.09. The van der Waals surface area contributed by atoms with Gasteiger partial charge >= 0.3 is 0 Å². The van der Waals surface area contributed by atoms with E-state index < -0.39 is 0 Å². The molecule has 108 valence electrons. The summed E-state index contributed by atoms with van der Waals surface area (Å²) in [4.78, 5) is 16.5. The van der Waals surface area contributed by atoms with Crippen LogP contribution < -0.4 is 5.32 Å². The van der Waals surface area contributed by atoms with Gasteiger partial charge in [0.2, 0.25) is 5.91 Å². The van der Waals surface area contributed by atoms with E-state index in [0.29, 0.717) is 12.3 Å². The van der Waals surface area contributed by atoms with Crippen LogP contribution in [0.1, 0.15) is 55.0 Å². The lowest BCUT2D eigenvalue weighted by Gasteiger charge is -2.10. The molecule has 1 unspecified atom stereocenters. The Bertz CT molecular complexity index is 586. The molecule has 2 heterocycles. The molecule has 0 aliphatic rings. The van der Waals surface area contributed by atoms with Gasteiger partial charge in [0.1, 0.15) is 11.5 Å². The summed E-state index contributed by atoms with van der Waals surface area (Å²) in [6, 6.07) is 3.66. The van der Waals surface area contributed by atoms with E-state index >= 15 is 0 Å². The molecule has 5 heteroatoms. The Morgan fingerprint density at radius 1 is 1.40 bits per heavy atom. The fourth-order valence-electron chi connectivity index (χ4n) is 1.88. The van der Waals surface area contributed by atoms with Gasteiger partial charge in [-0.2, -0.15) is 0 Å². The highest BCUT2D eigenvalue weighted by atomic mass is 32.1. The van der Waals surface area contributed by atoms with Crippen LogP contribution in [0.3, 0.4) is 0 Å². The maximum Gasteiger partial charge on any atom is 0.226 e. The molecule has 0 aliphatic carbocycles. The Labute approximate surface area is 123 Å². The van der Waals surface area contributed by atoms with Crippen molar-refractivity contribution in [3.05, 3.63) is 39.7 Å². The fraction of sp³-hybridized carbons (Fsp3) is 0.467. The highest BCUT2D eigenvalue weighted by Gasteiger charge is 2.14. The number of nitrogens with zero attached hydrogens (tertiary/aromatic N) is 1. The predicted octanol–water partition coefficient (Wildman–Crippen LogP) is 3.59. The van der Waals surface area contributed by atoms with Crippen molar-refractivity contribution >= 4 is 17.2 Å². The predicted molar refractivity (Wildman–Crippen MR) is 79.9 cm³/mol. The molecule has 1 N–H and O–H groups in total. The highest BCUT2D eigenvalue weighted by Crippen LogP contribution is 2.20. The van der Waals surface area contributed by atoms with Crippen molar-refractivity contribution in [1.82, 2.24) is 10.3 Å². The number of furan rings is 1. The van der Waals surface area contributed by atoms with Crippen LogP contribution in [-0.2, 0) is 11.2 Å². The molecule has 0 spiro atoms. The third kappa shape index (κ3) is 3.70.